The molecule has 0 aliphatic carbocycles. The molecule has 0 spiro atoms. The van der Waals surface area contributed by atoms with Gasteiger partial charge in [-0.05, 0) is 60.0 Å². The highest BCUT2D eigenvalue weighted by Gasteiger charge is 2.40. The Labute approximate surface area is 438 Å². The van der Waals surface area contributed by atoms with Gasteiger partial charge in [0.05, 0.1) is 101 Å². The standard InChI is InChI=1S/C11H17NO4.C11H20O4.C11H18O4.C8H13NO3.C6H12O2.C5H8O3/c1-4-8(13)5-10(14)12-9(7(2)3)6-16-11(12)15;2*1-4-9(12)7-10(13)8-11(14-5-2)15-6-3;1-5(2)7-4-12-8(11)9(7)6(3)10;1-4-7-6(3)8-5-2;1-2-4(6)3-5(7)8/h4,7-9,13H,1,5-6H2,2-3H3;4,8-10,12-13H,1,5-7H2,2-3H3;4,8-9,12H,1,5-7H2,2-3H3;5,7H,4H2,1-3H3;3-5H2,1-2H3;2,4,6H,1,3H2,(H,7,8)/t8-,9-;9-,10-;9-;7-;;4-/m1111.1/s1. The molecule has 2 saturated heterocycles. The van der Waals surface area contributed by atoms with Crippen molar-refractivity contribution in [1.29, 1.82) is 0 Å². The highest BCUT2D eigenvalue weighted by atomic mass is 16.7. The van der Waals surface area contributed by atoms with Gasteiger partial charge in [0.2, 0.25) is 11.8 Å². The molecule has 0 bridgehead atoms. The van der Waals surface area contributed by atoms with Gasteiger partial charge < -0.3 is 68.5 Å². The Morgan fingerprint density at radius 1 is 0.581 bits per heavy atom. The second-order valence-electron chi connectivity index (χ2n) is 15.8. The molecule has 0 unspecified atom stereocenters. The Hall–Kier alpha value is -6.20. The lowest BCUT2D eigenvalue weighted by atomic mass is 10.0. The van der Waals surface area contributed by atoms with Crippen molar-refractivity contribution in [3.05, 3.63) is 87.2 Å². The lowest BCUT2D eigenvalue weighted by Crippen LogP contribution is -2.42. The van der Waals surface area contributed by atoms with Crippen molar-refractivity contribution in [1.82, 2.24) is 9.80 Å². The number of ether oxygens (including phenoxy) is 8. The van der Waals surface area contributed by atoms with Gasteiger partial charge >= 0.3 is 18.2 Å². The van der Waals surface area contributed by atoms with Gasteiger partial charge in [-0.2, -0.15) is 0 Å². The van der Waals surface area contributed by atoms with Crippen molar-refractivity contribution in [3.63, 3.8) is 0 Å². The predicted molar refractivity (Wildman–Crippen MR) is 276 cm³/mol. The summed E-state index contributed by atoms with van der Waals surface area (Å²) in [6.07, 6.45) is 2.31. The van der Waals surface area contributed by atoms with Crippen LogP contribution in [0.5, 0.6) is 0 Å². The van der Waals surface area contributed by atoms with E-state index in [1.807, 2.05) is 55.4 Å². The second-order valence-corrected chi connectivity index (χ2v) is 15.8. The summed E-state index contributed by atoms with van der Waals surface area (Å²) in [5, 5.41) is 53.7. The van der Waals surface area contributed by atoms with E-state index >= 15 is 0 Å². The molecular weight excluding hydrogens is 973 g/mol. The quantitative estimate of drug-likeness (QED) is 0.0294. The van der Waals surface area contributed by atoms with Crippen LogP contribution in [-0.2, 0) is 57.1 Å². The van der Waals surface area contributed by atoms with Gasteiger partial charge in [-0.15, -0.1) is 26.3 Å². The molecule has 0 radical (unpaired) electrons. The van der Waals surface area contributed by atoms with Crippen molar-refractivity contribution in [3.8, 4) is 0 Å². The number of cyclic esters (lactones) is 2. The molecule has 2 fully saturated rings. The van der Waals surface area contributed by atoms with E-state index < -0.39 is 54.6 Å². The van der Waals surface area contributed by atoms with E-state index in [9.17, 15) is 44.1 Å². The number of carboxylic acid groups (broad SMARTS) is 1. The normalized spacial score (nSPS) is 15.9. The van der Waals surface area contributed by atoms with Crippen LogP contribution >= 0.6 is 0 Å². The van der Waals surface area contributed by atoms with Crippen LogP contribution in [-0.4, -0.2) is 172 Å². The van der Waals surface area contributed by atoms with E-state index in [4.69, 9.17) is 53.2 Å². The van der Waals surface area contributed by atoms with Gasteiger partial charge in [0.15, 0.2) is 5.78 Å². The Balaban J connectivity index is -0.000000405. The van der Waals surface area contributed by atoms with Crippen molar-refractivity contribution >= 4 is 35.8 Å². The molecule has 2 rings (SSSR count). The minimum Gasteiger partial charge on any atom is -0.481 e. The molecule has 7 atom stereocenters. The molecule has 22 nitrogen and oxygen atoms in total. The lowest BCUT2D eigenvalue weighted by molar-refractivity contribution is -0.138. The smallest absolute Gasteiger partial charge is 0.416 e. The van der Waals surface area contributed by atoms with Gasteiger partial charge in [0.1, 0.15) is 13.2 Å². The molecule has 22 heteroatoms. The number of allylic oxidation sites excluding steroid dienone is 1. The number of hydrogen-bond acceptors (Lipinski definition) is 19. The summed E-state index contributed by atoms with van der Waals surface area (Å²) in [5.41, 5.74) is 0. The zero-order chi connectivity index (χ0) is 57.9. The van der Waals surface area contributed by atoms with Crippen molar-refractivity contribution in [2.45, 2.75) is 144 Å². The van der Waals surface area contributed by atoms with Gasteiger partial charge in [0.25, 0.3) is 17.8 Å². The molecule has 426 valence electrons. The highest BCUT2D eigenvalue weighted by Crippen LogP contribution is 2.21. The Bertz CT molecular complexity index is 1710. The number of ketones is 1. The number of aliphatic hydroxyl groups excluding tert-OH is 5. The summed E-state index contributed by atoms with van der Waals surface area (Å²) in [7, 11) is 0. The summed E-state index contributed by atoms with van der Waals surface area (Å²) in [6.45, 7) is 40.7. The molecule has 2 heterocycles. The van der Waals surface area contributed by atoms with Gasteiger partial charge in [-0.1, -0.05) is 52.0 Å². The van der Waals surface area contributed by atoms with Crippen LogP contribution in [0, 0.1) is 11.8 Å². The summed E-state index contributed by atoms with van der Waals surface area (Å²) in [5.74, 6) is -0.641. The molecular formula is C52H88N2O20. The monoisotopic (exact) mass is 1060 g/mol. The SMILES string of the molecule is C=C(OCC)OCC.C=C[C@@H](O)CC(=O)C=C(OCC)OCC.C=C[C@@H](O)CC(=O)N1C(=O)OC[C@@H]1C(C)C.C=C[C@@H](O)CC(=O)O.C=C[C@@H](O)C[C@@H](O)C=C(OCC)OCC.CC(=O)N1C(=O)OC[C@@H]1C(C)C. The van der Waals surface area contributed by atoms with E-state index in [2.05, 4.69) is 32.9 Å². The number of amides is 4. The fourth-order valence-electron chi connectivity index (χ4n) is 5.37. The molecule has 0 aromatic carbocycles. The molecule has 4 amide bonds. The molecule has 6 N–H and O–H groups in total. The topological polar surface area (TPSA) is 304 Å². The molecule has 2 aliphatic rings. The summed E-state index contributed by atoms with van der Waals surface area (Å²) in [6, 6.07) is -0.327. The first-order valence-electron chi connectivity index (χ1n) is 24.2. The first-order valence-corrected chi connectivity index (χ1v) is 24.2. The Kier molecular flexibility index (Phi) is 45.6. The zero-order valence-corrected chi connectivity index (χ0v) is 45.5. The fraction of sp³-hybridized carbons (Fsp3) is 0.615. The van der Waals surface area contributed by atoms with Crippen LogP contribution < -0.4 is 0 Å². The average Bonchev–Trinajstić information content (AvgIpc) is 3.92. The van der Waals surface area contributed by atoms with Crippen LogP contribution in [0.25, 0.3) is 0 Å². The minimum absolute atomic E-state index is 0.00680. The number of aliphatic hydroxyl groups is 5. The van der Waals surface area contributed by atoms with E-state index in [0.29, 0.717) is 58.1 Å². The zero-order valence-electron chi connectivity index (χ0n) is 45.5. The number of hydrogen-bond donors (Lipinski definition) is 6. The van der Waals surface area contributed by atoms with E-state index in [-0.39, 0.29) is 73.8 Å². The van der Waals surface area contributed by atoms with E-state index in [1.54, 1.807) is 13.8 Å². The Morgan fingerprint density at radius 2 is 0.946 bits per heavy atom. The van der Waals surface area contributed by atoms with Gasteiger partial charge in [0, 0.05) is 25.8 Å². The van der Waals surface area contributed by atoms with Crippen LogP contribution in [0.15, 0.2) is 87.2 Å². The van der Waals surface area contributed by atoms with E-state index in [1.165, 1.54) is 48.3 Å². The van der Waals surface area contributed by atoms with Crippen LogP contribution in [0.2, 0.25) is 0 Å². The first kappa shape index (κ1) is 74.3. The second kappa shape index (κ2) is 45.4. The maximum absolute atomic E-state index is 11.8. The number of aliphatic carboxylic acids is 1. The van der Waals surface area contributed by atoms with Crippen molar-refractivity contribution in [2.24, 2.45) is 11.8 Å². The third-order valence-corrected chi connectivity index (χ3v) is 9.07. The predicted octanol–water partition coefficient (Wildman–Crippen LogP) is 6.08. The first-order chi connectivity index (χ1) is 34.7. The number of rotatable bonds is 28. The minimum atomic E-state index is -1.02. The summed E-state index contributed by atoms with van der Waals surface area (Å²) < 4.78 is 39.8. The third kappa shape index (κ3) is 37.5. The van der Waals surface area contributed by atoms with Crippen molar-refractivity contribution in [2.75, 3.05) is 52.9 Å². The number of carbonyl (C=O) groups excluding carboxylic acids is 5. The molecule has 0 aromatic heterocycles. The maximum atomic E-state index is 11.8. The third-order valence-electron chi connectivity index (χ3n) is 9.07. The Morgan fingerprint density at radius 3 is 1.28 bits per heavy atom. The number of carboxylic acids is 1. The fourth-order valence-corrected chi connectivity index (χ4v) is 5.37. The summed E-state index contributed by atoms with van der Waals surface area (Å²) in [4.78, 5) is 68.5. The highest BCUT2D eigenvalue weighted by molar-refractivity contribution is 5.94. The largest absolute Gasteiger partial charge is 0.481 e. The molecule has 0 saturated carbocycles. The number of nitrogens with zero attached hydrogens (tertiary/aromatic N) is 2. The van der Waals surface area contributed by atoms with Crippen LogP contribution in [0.4, 0.5) is 9.59 Å². The number of imide groups is 2. The molecule has 2 aliphatic heterocycles. The van der Waals surface area contributed by atoms with Gasteiger partial charge in [-0.25, -0.2) is 19.4 Å². The molecule has 0 aromatic rings. The van der Waals surface area contributed by atoms with Gasteiger partial charge in [-0.3, -0.25) is 19.2 Å². The van der Waals surface area contributed by atoms with Crippen molar-refractivity contribution < 1.29 is 97.3 Å². The van der Waals surface area contributed by atoms with Crippen LogP contribution in [0.1, 0.15) is 102 Å². The molecule has 74 heavy (non-hydrogen) atoms. The summed E-state index contributed by atoms with van der Waals surface area (Å²) >= 11 is 0. The number of carbonyl (C=O) groups is 6. The van der Waals surface area contributed by atoms with E-state index in [0.717, 1.165) is 4.90 Å². The average molecular weight is 1060 g/mol. The lowest BCUT2D eigenvalue weighted by Gasteiger charge is -2.22. The maximum Gasteiger partial charge on any atom is 0.416 e. The van der Waals surface area contributed by atoms with Crippen LogP contribution in [0.3, 0.4) is 0 Å².